The molecule has 0 bridgehead atoms. The molecule has 0 aromatic heterocycles. The van der Waals surface area contributed by atoms with Crippen molar-refractivity contribution >= 4 is 11.8 Å². The van der Waals surface area contributed by atoms with E-state index in [0.29, 0.717) is 13.0 Å². The fourth-order valence-corrected chi connectivity index (χ4v) is 5.80. The van der Waals surface area contributed by atoms with Gasteiger partial charge in [0.15, 0.2) is 5.78 Å². The molecular formula is C22H32O5. The van der Waals surface area contributed by atoms with Crippen molar-refractivity contribution in [3.8, 4) is 0 Å². The number of hydrogen-bond donors (Lipinski definition) is 1. The van der Waals surface area contributed by atoms with Crippen molar-refractivity contribution in [1.29, 1.82) is 0 Å². The summed E-state index contributed by atoms with van der Waals surface area (Å²) in [5.41, 5.74) is -0.894. The first-order valence-corrected chi connectivity index (χ1v) is 9.85. The van der Waals surface area contributed by atoms with Crippen LogP contribution in [0.15, 0.2) is 24.3 Å². The quantitative estimate of drug-likeness (QED) is 0.605. The van der Waals surface area contributed by atoms with E-state index in [9.17, 15) is 14.7 Å². The SMILES string of the molecule is C=C[C@](C)(O)[C@H]1OC[C@@]2([C@@H]1OC(C)=O)[C@@H](C)CC[C@]1(C)C(C)=CC(=O)C[C@@H]21. The van der Waals surface area contributed by atoms with E-state index in [1.165, 1.54) is 13.0 Å². The van der Waals surface area contributed by atoms with E-state index in [2.05, 4.69) is 20.4 Å². The largest absolute Gasteiger partial charge is 0.459 e. The topological polar surface area (TPSA) is 72.8 Å². The number of carbonyl (C=O) groups is 2. The number of allylic oxidation sites excluding steroid dienone is 2. The molecule has 1 spiro atoms. The zero-order valence-corrected chi connectivity index (χ0v) is 17.1. The molecule has 0 aromatic rings. The summed E-state index contributed by atoms with van der Waals surface area (Å²) in [6.07, 6.45) is 4.25. The number of ketones is 1. The monoisotopic (exact) mass is 376 g/mol. The molecule has 27 heavy (non-hydrogen) atoms. The summed E-state index contributed by atoms with van der Waals surface area (Å²) >= 11 is 0. The molecule has 1 heterocycles. The van der Waals surface area contributed by atoms with Gasteiger partial charge >= 0.3 is 5.97 Å². The van der Waals surface area contributed by atoms with Crippen molar-refractivity contribution in [1.82, 2.24) is 0 Å². The molecule has 1 saturated carbocycles. The van der Waals surface area contributed by atoms with E-state index in [-0.39, 0.29) is 23.0 Å². The molecular weight excluding hydrogens is 344 g/mol. The average molecular weight is 376 g/mol. The second-order valence-electron chi connectivity index (χ2n) is 9.21. The first-order valence-electron chi connectivity index (χ1n) is 9.85. The van der Waals surface area contributed by atoms with Crippen molar-refractivity contribution in [2.75, 3.05) is 6.61 Å². The van der Waals surface area contributed by atoms with Gasteiger partial charge < -0.3 is 14.6 Å². The minimum atomic E-state index is -1.33. The van der Waals surface area contributed by atoms with Gasteiger partial charge in [-0.1, -0.05) is 25.5 Å². The number of aliphatic hydroxyl groups is 1. The smallest absolute Gasteiger partial charge is 0.303 e. The van der Waals surface area contributed by atoms with Gasteiger partial charge in [-0.2, -0.15) is 0 Å². The zero-order chi connectivity index (χ0) is 20.2. The van der Waals surface area contributed by atoms with Crippen molar-refractivity contribution in [3.63, 3.8) is 0 Å². The normalized spacial score (nSPS) is 43.6. The van der Waals surface area contributed by atoms with Crippen LogP contribution in [0.2, 0.25) is 0 Å². The van der Waals surface area contributed by atoms with Gasteiger partial charge in [-0.3, -0.25) is 9.59 Å². The maximum atomic E-state index is 12.5. The van der Waals surface area contributed by atoms with E-state index in [0.717, 1.165) is 18.4 Å². The van der Waals surface area contributed by atoms with Gasteiger partial charge in [-0.25, -0.2) is 0 Å². The molecule has 1 aliphatic heterocycles. The Morgan fingerprint density at radius 2 is 2.19 bits per heavy atom. The third-order valence-electron chi connectivity index (χ3n) is 7.72. The van der Waals surface area contributed by atoms with E-state index in [4.69, 9.17) is 9.47 Å². The van der Waals surface area contributed by atoms with Gasteiger partial charge in [-0.05, 0) is 50.0 Å². The molecule has 2 fully saturated rings. The van der Waals surface area contributed by atoms with Crippen LogP contribution in [-0.2, 0) is 19.1 Å². The lowest BCUT2D eigenvalue weighted by Crippen LogP contribution is -2.60. The number of rotatable bonds is 3. The third-order valence-corrected chi connectivity index (χ3v) is 7.72. The lowest BCUT2D eigenvalue weighted by atomic mass is 9.46. The van der Waals surface area contributed by atoms with Crippen molar-refractivity contribution in [2.45, 2.75) is 71.7 Å². The van der Waals surface area contributed by atoms with Gasteiger partial charge in [0.05, 0.1) is 6.61 Å². The lowest BCUT2D eigenvalue weighted by Gasteiger charge is -2.58. The van der Waals surface area contributed by atoms with E-state index in [1.54, 1.807) is 13.0 Å². The van der Waals surface area contributed by atoms with E-state index < -0.39 is 29.2 Å². The predicted molar refractivity (Wildman–Crippen MR) is 102 cm³/mol. The molecule has 0 unspecified atom stereocenters. The summed E-state index contributed by atoms with van der Waals surface area (Å²) in [5, 5.41) is 10.9. The van der Waals surface area contributed by atoms with Gasteiger partial charge in [0, 0.05) is 18.8 Å². The van der Waals surface area contributed by atoms with Crippen LogP contribution in [0.5, 0.6) is 0 Å². The first-order chi connectivity index (χ1) is 12.5. The highest BCUT2D eigenvalue weighted by atomic mass is 16.6. The number of carbonyl (C=O) groups excluding carboxylic acids is 2. The zero-order valence-electron chi connectivity index (χ0n) is 17.1. The fraction of sp³-hybridized carbons (Fsp3) is 0.727. The minimum absolute atomic E-state index is 0.00113. The molecule has 3 rings (SSSR count). The molecule has 1 saturated heterocycles. The van der Waals surface area contributed by atoms with E-state index in [1.807, 2.05) is 6.92 Å². The average Bonchev–Trinajstić information content (AvgIpc) is 2.94. The van der Waals surface area contributed by atoms with Crippen LogP contribution < -0.4 is 0 Å². The third kappa shape index (κ3) is 2.90. The summed E-state index contributed by atoms with van der Waals surface area (Å²) in [6, 6.07) is 0. The molecule has 5 heteroatoms. The fourth-order valence-electron chi connectivity index (χ4n) is 5.80. The molecule has 7 atom stereocenters. The maximum Gasteiger partial charge on any atom is 0.303 e. The Morgan fingerprint density at radius 3 is 2.78 bits per heavy atom. The summed E-state index contributed by atoms with van der Waals surface area (Å²) < 4.78 is 12.0. The molecule has 0 radical (unpaired) electrons. The predicted octanol–water partition coefficient (Wildman–Crippen LogP) is 3.21. The maximum absolute atomic E-state index is 12.5. The standard InChI is InChI=1S/C22H32O5/c1-7-21(6,25)18-19(27-15(4)23)22(12-26-18)13(2)8-9-20(5)14(3)10-16(24)11-17(20)22/h7,10,13,17-19,25H,1,8-9,11-12H2,2-6H3/t13-,17+,18-,19+,20+,21-,22+/m0/s1. The molecule has 150 valence electrons. The Balaban J connectivity index is 2.15. The summed E-state index contributed by atoms with van der Waals surface area (Å²) in [4.78, 5) is 24.5. The Bertz CT molecular complexity index is 693. The van der Waals surface area contributed by atoms with Crippen LogP contribution in [0.3, 0.4) is 0 Å². The molecule has 3 aliphatic rings. The second-order valence-corrected chi connectivity index (χ2v) is 9.21. The van der Waals surface area contributed by atoms with Gasteiger partial charge in [0.2, 0.25) is 0 Å². The Labute approximate surface area is 161 Å². The van der Waals surface area contributed by atoms with Gasteiger partial charge in [0.25, 0.3) is 0 Å². The molecule has 0 aromatic carbocycles. The van der Waals surface area contributed by atoms with Crippen LogP contribution in [-0.4, -0.2) is 41.3 Å². The van der Waals surface area contributed by atoms with Crippen LogP contribution in [0.1, 0.15) is 53.9 Å². The highest BCUT2D eigenvalue weighted by molar-refractivity contribution is 5.92. The summed E-state index contributed by atoms with van der Waals surface area (Å²) in [5.74, 6) is -0.0852. The highest BCUT2D eigenvalue weighted by Crippen LogP contribution is 2.64. The van der Waals surface area contributed by atoms with Gasteiger partial charge in [0.1, 0.15) is 17.8 Å². The van der Waals surface area contributed by atoms with Crippen LogP contribution >= 0.6 is 0 Å². The highest BCUT2D eigenvalue weighted by Gasteiger charge is 2.67. The molecule has 5 nitrogen and oxygen atoms in total. The Morgan fingerprint density at radius 1 is 1.52 bits per heavy atom. The number of fused-ring (bicyclic) bond motifs is 2. The van der Waals surface area contributed by atoms with E-state index >= 15 is 0 Å². The number of ether oxygens (including phenoxy) is 2. The van der Waals surface area contributed by atoms with Crippen molar-refractivity contribution in [2.24, 2.45) is 22.7 Å². The Hall–Kier alpha value is -1.46. The molecule has 1 N–H and O–H groups in total. The first kappa shape index (κ1) is 20.3. The number of hydrogen-bond acceptors (Lipinski definition) is 5. The van der Waals surface area contributed by atoms with Crippen LogP contribution in [0, 0.1) is 22.7 Å². The summed E-state index contributed by atoms with van der Waals surface area (Å²) in [7, 11) is 0. The van der Waals surface area contributed by atoms with Gasteiger partial charge in [-0.15, -0.1) is 6.58 Å². The Kier molecular flexibility index (Phi) is 4.92. The molecule has 0 amide bonds. The number of esters is 1. The molecule has 2 aliphatic carbocycles. The van der Waals surface area contributed by atoms with Crippen molar-refractivity contribution < 1.29 is 24.2 Å². The second kappa shape index (κ2) is 6.56. The summed E-state index contributed by atoms with van der Waals surface area (Å²) in [6.45, 7) is 13.5. The van der Waals surface area contributed by atoms with Crippen LogP contribution in [0.25, 0.3) is 0 Å². The minimum Gasteiger partial charge on any atom is -0.459 e. The van der Waals surface area contributed by atoms with Crippen molar-refractivity contribution in [3.05, 3.63) is 24.3 Å². The lowest BCUT2D eigenvalue weighted by molar-refractivity contribution is -0.175. The van der Waals surface area contributed by atoms with Crippen LogP contribution in [0.4, 0.5) is 0 Å².